The SMILES string of the molecule is Cn1c(=O)c2c(n(Cc3ccccc3)c1=O)NC(=O)[C@@H]2CC(=O)Nc1ccc(Cl)cc1. The number of halogens is 1. The molecule has 2 N–H and O–H groups in total. The molecule has 9 heteroatoms. The maximum atomic E-state index is 12.8. The molecule has 0 bridgehead atoms. The van der Waals surface area contributed by atoms with Crippen molar-refractivity contribution in [2.24, 2.45) is 7.05 Å². The molecule has 1 aliphatic rings. The van der Waals surface area contributed by atoms with Crippen LogP contribution in [0.4, 0.5) is 11.5 Å². The maximum Gasteiger partial charge on any atom is 0.332 e. The number of aromatic nitrogens is 2. The minimum absolute atomic E-state index is 0.120. The summed E-state index contributed by atoms with van der Waals surface area (Å²) >= 11 is 5.85. The number of amides is 2. The summed E-state index contributed by atoms with van der Waals surface area (Å²) in [6, 6.07) is 15.8. The molecule has 31 heavy (non-hydrogen) atoms. The van der Waals surface area contributed by atoms with Gasteiger partial charge in [-0.3, -0.25) is 23.5 Å². The number of carbonyl (C=O) groups excluding carboxylic acids is 2. The summed E-state index contributed by atoms with van der Waals surface area (Å²) in [6.07, 6.45) is -0.236. The molecule has 3 aromatic rings. The van der Waals surface area contributed by atoms with Gasteiger partial charge >= 0.3 is 5.69 Å². The second kappa shape index (κ2) is 8.23. The Kier molecular flexibility index (Phi) is 5.48. The molecule has 2 amide bonds. The van der Waals surface area contributed by atoms with Crippen LogP contribution in [0.5, 0.6) is 0 Å². The van der Waals surface area contributed by atoms with Gasteiger partial charge in [0.25, 0.3) is 5.56 Å². The van der Waals surface area contributed by atoms with Crippen molar-refractivity contribution in [1.82, 2.24) is 9.13 Å². The smallest absolute Gasteiger partial charge is 0.326 e. The Labute approximate surface area is 182 Å². The summed E-state index contributed by atoms with van der Waals surface area (Å²) in [4.78, 5) is 50.8. The van der Waals surface area contributed by atoms with E-state index in [9.17, 15) is 19.2 Å². The topological polar surface area (TPSA) is 102 Å². The standard InChI is InChI=1S/C22H19ClN4O4/c1-26-21(30)18-16(11-17(28)24-15-9-7-14(23)8-10-15)20(29)25-19(18)27(22(26)31)12-13-5-3-2-4-6-13/h2-10,16H,11-12H2,1H3,(H,24,28)(H,25,29)/t16-/m1/s1. The molecule has 1 aliphatic heterocycles. The van der Waals surface area contributed by atoms with Crippen LogP contribution in [0.3, 0.4) is 0 Å². The predicted molar refractivity (Wildman–Crippen MR) is 118 cm³/mol. The first-order valence-electron chi connectivity index (χ1n) is 9.59. The highest BCUT2D eigenvalue weighted by Gasteiger charge is 2.38. The predicted octanol–water partition coefficient (Wildman–Crippen LogP) is 2.31. The van der Waals surface area contributed by atoms with Crippen LogP contribution in [0.25, 0.3) is 0 Å². The van der Waals surface area contributed by atoms with Crippen molar-refractivity contribution >= 4 is 34.9 Å². The van der Waals surface area contributed by atoms with Gasteiger partial charge in [0.15, 0.2) is 0 Å². The number of nitrogens with one attached hydrogen (secondary N) is 2. The molecule has 0 fully saturated rings. The lowest BCUT2D eigenvalue weighted by Crippen LogP contribution is -2.40. The molecule has 1 aromatic heterocycles. The van der Waals surface area contributed by atoms with E-state index in [4.69, 9.17) is 11.6 Å². The molecule has 0 radical (unpaired) electrons. The van der Waals surface area contributed by atoms with Crippen molar-refractivity contribution in [3.8, 4) is 0 Å². The number of hydrogen-bond donors (Lipinski definition) is 2. The van der Waals surface area contributed by atoms with E-state index in [1.54, 1.807) is 24.3 Å². The van der Waals surface area contributed by atoms with Gasteiger partial charge in [0.05, 0.1) is 18.0 Å². The van der Waals surface area contributed by atoms with E-state index in [0.717, 1.165) is 10.1 Å². The molecule has 2 aromatic carbocycles. The number of carbonyl (C=O) groups is 2. The van der Waals surface area contributed by atoms with Crippen LogP contribution < -0.4 is 21.9 Å². The fraction of sp³-hybridized carbons (Fsp3) is 0.182. The van der Waals surface area contributed by atoms with Crippen molar-refractivity contribution in [3.05, 3.63) is 91.6 Å². The van der Waals surface area contributed by atoms with E-state index in [1.165, 1.54) is 11.6 Å². The number of nitrogens with zero attached hydrogens (tertiary/aromatic N) is 2. The lowest BCUT2D eigenvalue weighted by Gasteiger charge is -2.14. The van der Waals surface area contributed by atoms with Gasteiger partial charge < -0.3 is 10.6 Å². The van der Waals surface area contributed by atoms with Gasteiger partial charge in [0.2, 0.25) is 11.8 Å². The summed E-state index contributed by atoms with van der Waals surface area (Å²) in [5.41, 5.74) is 0.346. The van der Waals surface area contributed by atoms with Crippen LogP contribution in [0.15, 0.2) is 64.2 Å². The fourth-order valence-corrected chi connectivity index (χ4v) is 3.74. The average Bonchev–Trinajstić information content (AvgIpc) is 3.08. The Morgan fingerprint density at radius 3 is 2.42 bits per heavy atom. The number of hydrogen-bond acceptors (Lipinski definition) is 4. The molecular formula is C22H19ClN4O4. The van der Waals surface area contributed by atoms with E-state index in [-0.39, 0.29) is 24.3 Å². The first kappa shape index (κ1) is 20.6. The number of anilines is 2. The highest BCUT2D eigenvalue weighted by molar-refractivity contribution is 6.30. The second-order valence-corrected chi connectivity index (χ2v) is 7.72. The molecule has 0 aliphatic carbocycles. The molecule has 8 nitrogen and oxygen atoms in total. The summed E-state index contributed by atoms with van der Waals surface area (Å²) in [7, 11) is 1.36. The van der Waals surface area contributed by atoms with Gasteiger partial charge in [-0.25, -0.2) is 4.79 Å². The fourth-order valence-electron chi connectivity index (χ4n) is 3.61. The van der Waals surface area contributed by atoms with E-state index in [1.807, 2.05) is 30.3 Å². The molecule has 2 heterocycles. The summed E-state index contributed by atoms with van der Waals surface area (Å²) in [5.74, 6) is -1.78. The van der Waals surface area contributed by atoms with Gasteiger partial charge in [-0.1, -0.05) is 41.9 Å². The lowest BCUT2D eigenvalue weighted by molar-refractivity contribution is -0.122. The van der Waals surface area contributed by atoms with E-state index in [2.05, 4.69) is 10.6 Å². The maximum absolute atomic E-state index is 12.8. The first-order chi connectivity index (χ1) is 14.8. The third-order valence-corrected chi connectivity index (χ3v) is 5.44. The molecule has 1 atom stereocenters. The van der Waals surface area contributed by atoms with E-state index >= 15 is 0 Å². The monoisotopic (exact) mass is 438 g/mol. The Morgan fingerprint density at radius 1 is 1.06 bits per heavy atom. The molecule has 4 rings (SSSR count). The number of rotatable bonds is 5. The van der Waals surface area contributed by atoms with Crippen molar-refractivity contribution in [3.63, 3.8) is 0 Å². The molecular weight excluding hydrogens is 420 g/mol. The van der Waals surface area contributed by atoms with Crippen molar-refractivity contribution in [2.45, 2.75) is 18.9 Å². The van der Waals surface area contributed by atoms with E-state index in [0.29, 0.717) is 10.7 Å². The van der Waals surface area contributed by atoms with Gasteiger partial charge in [-0.2, -0.15) is 0 Å². The van der Waals surface area contributed by atoms with Crippen molar-refractivity contribution in [2.75, 3.05) is 10.6 Å². The zero-order chi connectivity index (χ0) is 22.1. The normalized spacial score (nSPS) is 14.8. The summed E-state index contributed by atoms with van der Waals surface area (Å²) in [5, 5.41) is 5.86. The molecule has 158 valence electrons. The number of benzene rings is 2. The van der Waals surface area contributed by atoms with Gasteiger partial charge in [0, 0.05) is 24.2 Å². The Balaban J connectivity index is 1.67. The third kappa shape index (κ3) is 4.02. The molecule has 0 saturated carbocycles. The molecule has 0 unspecified atom stereocenters. The third-order valence-electron chi connectivity index (χ3n) is 5.19. The zero-order valence-corrected chi connectivity index (χ0v) is 17.3. The van der Waals surface area contributed by atoms with Crippen molar-refractivity contribution < 1.29 is 9.59 Å². The van der Waals surface area contributed by atoms with Crippen LogP contribution in [0.1, 0.15) is 23.5 Å². The average molecular weight is 439 g/mol. The summed E-state index contributed by atoms with van der Waals surface area (Å²) < 4.78 is 2.31. The Hall–Kier alpha value is -3.65. The van der Waals surface area contributed by atoms with Crippen LogP contribution in [0.2, 0.25) is 5.02 Å². The van der Waals surface area contributed by atoms with Crippen LogP contribution in [-0.4, -0.2) is 20.9 Å². The Bertz CT molecular complexity index is 1280. The van der Waals surface area contributed by atoms with Gasteiger partial charge in [-0.05, 0) is 29.8 Å². The van der Waals surface area contributed by atoms with E-state index < -0.39 is 29.0 Å². The number of fused-ring (bicyclic) bond motifs is 1. The van der Waals surface area contributed by atoms with Gasteiger partial charge in [-0.15, -0.1) is 0 Å². The van der Waals surface area contributed by atoms with Crippen LogP contribution in [-0.2, 0) is 23.2 Å². The first-order valence-corrected chi connectivity index (χ1v) is 9.97. The van der Waals surface area contributed by atoms with Gasteiger partial charge in [0.1, 0.15) is 5.82 Å². The largest absolute Gasteiger partial charge is 0.332 e. The minimum Gasteiger partial charge on any atom is -0.326 e. The quantitative estimate of drug-likeness (QED) is 0.638. The van der Waals surface area contributed by atoms with Crippen molar-refractivity contribution in [1.29, 1.82) is 0 Å². The molecule has 0 spiro atoms. The second-order valence-electron chi connectivity index (χ2n) is 7.28. The molecule has 0 saturated heterocycles. The summed E-state index contributed by atoms with van der Waals surface area (Å²) in [6.45, 7) is 0.181. The lowest BCUT2D eigenvalue weighted by atomic mass is 9.99. The Morgan fingerprint density at radius 2 is 1.74 bits per heavy atom. The zero-order valence-electron chi connectivity index (χ0n) is 16.6. The minimum atomic E-state index is -0.997. The highest BCUT2D eigenvalue weighted by Crippen LogP contribution is 2.32. The van der Waals surface area contributed by atoms with Crippen LogP contribution >= 0.6 is 11.6 Å². The van der Waals surface area contributed by atoms with Crippen LogP contribution in [0, 0.1) is 0 Å². The highest BCUT2D eigenvalue weighted by atomic mass is 35.5.